The smallest absolute Gasteiger partial charge is 0.339 e. The van der Waals surface area contributed by atoms with Gasteiger partial charge in [0.2, 0.25) is 0 Å². The van der Waals surface area contributed by atoms with Crippen LogP contribution in [0.15, 0.2) is 53.4 Å². The molecule has 5 nitrogen and oxygen atoms in total. The number of sulfone groups is 1. The van der Waals surface area contributed by atoms with E-state index in [9.17, 15) is 13.2 Å². The van der Waals surface area contributed by atoms with Crippen molar-refractivity contribution in [2.24, 2.45) is 0 Å². The van der Waals surface area contributed by atoms with E-state index in [1.807, 2.05) is 0 Å². The van der Waals surface area contributed by atoms with Crippen LogP contribution in [0.25, 0.3) is 0 Å². The number of esters is 1. The van der Waals surface area contributed by atoms with Crippen LogP contribution in [0.1, 0.15) is 10.4 Å². The predicted octanol–water partition coefficient (Wildman–Crippen LogP) is 2.98. The lowest BCUT2D eigenvalue weighted by molar-refractivity contribution is 0.0446. The Morgan fingerprint density at radius 3 is 2.39 bits per heavy atom. The van der Waals surface area contributed by atoms with Crippen molar-refractivity contribution in [2.75, 3.05) is 19.5 Å². The van der Waals surface area contributed by atoms with Crippen LogP contribution in [0, 0.1) is 0 Å². The molecule has 0 radical (unpaired) electrons. The van der Waals surface area contributed by atoms with Crippen LogP contribution in [0.4, 0.5) is 0 Å². The van der Waals surface area contributed by atoms with Gasteiger partial charge >= 0.3 is 5.97 Å². The third-order valence-corrected chi connectivity index (χ3v) is 4.38. The van der Waals surface area contributed by atoms with Gasteiger partial charge in [0.25, 0.3) is 0 Å². The lowest BCUT2D eigenvalue weighted by Crippen LogP contribution is -2.15. The maximum absolute atomic E-state index is 12.0. The molecule has 0 fully saturated rings. The van der Waals surface area contributed by atoms with Gasteiger partial charge in [-0.3, -0.25) is 0 Å². The molecule has 122 valence electrons. The van der Waals surface area contributed by atoms with E-state index >= 15 is 0 Å². The first-order valence-corrected chi connectivity index (χ1v) is 9.00. The number of hydrogen-bond acceptors (Lipinski definition) is 5. The Kier molecular flexibility index (Phi) is 5.63. The quantitative estimate of drug-likeness (QED) is 0.589. The largest absolute Gasteiger partial charge is 0.488 e. The van der Waals surface area contributed by atoms with Gasteiger partial charge in [-0.1, -0.05) is 35.9 Å². The van der Waals surface area contributed by atoms with Crippen molar-refractivity contribution in [3.8, 4) is 5.75 Å². The highest BCUT2D eigenvalue weighted by atomic mass is 35.5. The molecule has 0 spiro atoms. The average Bonchev–Trinajstić information content (AvgIpc) is 2.52. The minimum Gasteiger partial charge on any atom is -0.488 e. The Morgan fingerprint density at radius 2 is 1.70 bits per heavy atom. The van der Waals surface area contributed by atoms with E-state index in [2.05, 4.69) is 0 Å². The number of carbonyl (C=O) groups is 1. The van der Waals surface area contributed by atoms with Crippen molar-refractivity contribution in [1.82, 2.24) is 0 Å². The molecule has 0 heterocycles. The van der Waals surface area contributed by atoms with Crippen LogP contribution in [0.5, 0.6) is 5.75 Å². The minimum atomic E-state index is -3.51. The van der Waals surface area contributed by atoms with Gasteiger partial charge < -0.3 is 9.47 Å². The Morgan fingerprint density at radius 1 is 1.04 bits per heavy atom. The maximum Gasteiger partial charge on any atom is 0.339 e. The van der Waals surface area contributed by atoms with Gasteiger partial charge in [0.05, 0.1) is 15.5 Å². The molecule has 0 bridgehead atoms. The number of halogens is 1. The maximum atomic E-state index is 12.0. The van der Waals surface area contributed by atoms with Gasteiger partial charge in [-0.25, -0.2) is 13.2 Å². The number of para-hydroxylation sites is 1. The molecule has 23 heavy (non-hydrogen) atoms. The lowest BCUT2D eigenvalue weighted by atomic mass is 10.2. The van der Waals surface area contributed by atoms with Gasteiger partial charge in [0.1, 0.15) is 19.0 Å². The molecule has 7 heteroatoms. The number of ether oxygens (including phenoxy) is 2. The Bertz CT molecular complexity index is 802. The standard InChI is InChI=1S/C16H15ClO5S/c1-23(19,20)15-9-5-2-6-12(15)16(18)22-11-10-21-14-8-4-3-7-13(14)17/h2-9H,10-11H2,1H3. The average molecular weight is 355 g/mol. The SMILES string of the molecule is CS(=O)(=O)c1ccccc1C(=O)OCCOc1ccccc1Cl. The van der Waals surface area contributed by atoms with Gasteiger partial charge in [-0.15, -0.1) is 0 Å². The second kappa shape index (κ2) is 7.48. The molecular weight excluding hydrogens is 340 g/mol. The topological polar surface area (TPSA) is 69.7 Å². The molecule has 0 atom stereocenters. The fraction of sp³-hybridized carbons (Fsp3) is 0.188. The molecule has 2 aromatic carbocycles. The summed E-state index contributed by atoms with van der Waals surface area (Å²) in [5, 5.41) is 0.459. The molecule has 2 aromatic rings. The van der Waals surface area contributed by atoms with Gasteiger partial charge in [0.15, 0.2) is 9.84 Å². The fourth-order valence-corrected chi connectivity index (χ4v) is 2.95. The first kappa shape index (κ1) is 17.3. The van der Waals surface area contributed by atoms with Crippen molar-refractivity contribution in [3.05, 3.63) is 59.1 Å². The van der Waals surface area contributed by atoms with Crippen molar-refractivity contribution >= 4 is 27.4 Å². The van der Waals surface area contributed by atoms with E-state index < -0.39 is 15.8 Å². The highest BCUT2D eigenvalue weighted by Gasteiger charge is 2.19. The van der Waals surface area contributed by atoms with Crippen LogP contribution in [0.3, 0.4) is 0 Å². The zero-order valence-corrected chi connectivity index (χ0v) is 13.9. The monoisotopic (exact) mass is 354 g/mol. The summed E-state index contributed by atoms with van der Waals surface area (Å²) in [6.07, 6.45) is 1.04. The number of benzene rings is 2. The van der Waals surface area contributed by atoms with E-state index in [4.69, 9.17) is 21.1 Å². The summed E-state index contributed by atoms with van der Waals surface area (Å²) in [4.78, 5) is 12.0. The summed E-state index contributed by atoms with van der Waals surface area (Å²) in [6.45, 7) is 0.0820. The fourth-order valence-electron chi connectivity index (χ4n) is 1.88. The van der Waals surface area contributed by atoms with Crippen LogP contribution in [0.2, 0.25) is 5.02 Å². The third-order valence-electron chi connectivity index (χ3n) is 2.92. The summed E-state index contributed by atoms with van der Waals surface area (Å²) in [6, 6.07) is 12.8. The van der Waals surface area contributed by atoms with E-state index in [0.29, 0.717) is 10.8 Å². The van der Waals surface area contributed by atoms with E-state index in [0.717, 1.165) is 6.26 Å². The van der Waals surface area contributed by atoms with Crippen molar-refractivity contribution < 1.29 is 22.7 Å². The predicted molar refractivity (Wildman–Crippen MR) is 86.8 cm³/mol. The highest BCUT2D eigenvalue weighted by Crippen LogP contribution is 2.23. The van der Waals surface area contributed by atoms with Crippen LogP contribution >= 0.6 is 11.6 Å². The summed E-state index contributed by atoms with van der Waals surface area (Å²) in [5.41, 5.74) is 0.00717. The van der Waals surface area contributed by atoms with E-state index in [-0.39, 0.29) is 23.7 Å². The molecule has 0 amide bonds. The molecule has 0 saturated heterocycles. The zero-order valence-electron chi connectivity index (χ0n) is 12.4. The van der Waals surface area contributed by atoms with Crippen molar-refractivity contribution in [1.29, 1.82) is 0 Å². The van der Waals surface area contributed by atoms with Gasteiger partial charge in [0, 0.05) is 6.26 Å². The van der Waals surface area contributed by atoms with Crippen molar-refractivity contribution in [3.63, 3.8) is 0 Å². The first-order chi connectivity index (χ1) is 10.9. The summed E-state index contributed by atoms with van der Waals surface area (Å²) >= 11 is 5.93. The summed E-state index contributed by atoms with van der Waals surface area (Å²) in [5.74, 6) is -0.226. The number of hydrogen-bond donors (Lipinski definition) is 0. The Hall–Kier alpha value is -2.05. The second-order valence-corrected chi connectivity index (χ2v) is 7.07. The molecule has 0 aliphatic heterocycles. The third kappa shape index (κ3) is 4.71. The number of rotatable bonds is 6. The van der Waals surface area contributed by atoms with E-state index in [1.54, 1.807) is 36.4 Å². The molecule has 0 aliphatic carbocycles. The van der Waals surface area contributed by atoms with Crippen LogP contribution in [-0.4, -0.2) is 33.9 Å². The van der Waals surface area contributed by atoms with Gasteiger partial charge in [-0.2, -0.15) is 0 Å². The van der Waals surface area contributed by atoms with Crippen molar-refractivity contribution in [2.45, 2.75) is 4.90 Å². The summed E-state index contributed by atoms with van der Waals surface area (Å²) < 4.78 is 33.8. The highest BCUT2D eigenvalue weighted by molar-refractivity contribution is 7.90. The molecule has 0 unspecified atom stereocenters. The molecule has 0 N–H and O–H groups in total. The van der Waals surface area contributed by atoms with Crippen LogP contribution < -0.4 is 4.74 Å². The van der Waals surface area contributed by atoms with Gasteiger partial charge in [-0.05, 0) is 24.3 Å². The van der Waals surface area contributed by atoms with E-state index in [1.165, 1.54) is 12.1 Å². The molecule has 2 rings (SSSR count). The molecular formula is C16H15ClO5S. The molecule has 0 saturated carbocycles. The molecule has 0 aliphatic rings. The number of carbonyl (C=O) groups excluding carboxylic acids is 1. The summed E-state index contributed by atoms with van der Waals surface area (Å²) in [7, 11) is -3.51. The minimum absolute atomic E-state index is 0.00717. The lowest BCUT2D eigenvalue weighted by Gasteiger charge is -2.10. The zero-order chi connectivity index (χ0) is 16.9. The Balaban J connectivity index is 1.95. The van der Waals surface area contributed by atoms with Crippen LogP contribution in [-0.2, 0) is 14.6 Å². The molecule has 0 aromatic heterocycles. The first-order valence-electron chi connectivity index (χ1n) is 6.73. The normalized spacial score (nSPS) is 11.0. The Labute approximate surface area is 139 Å². The second-order valence-electron chi connectivity index (χ2n) is 4.68.